The summed E-state index contributed by atoms with van der Waals surface area (Å²) in [5.41, 5.74) is 8.97. The first-order valence-electron chi connectivity index (χ1n) is 12.9. The smallest absolute Gasteiger partial charge is 0.232 e. The molecule has 0 spiro atoms. The highest BCUT2D eigenvalue weighted by molar-refractivity contribution is 5.68. The van der Waals surface area contributed by atoms with E-state index in [2.05, 4.69) is 93.8 Å². The Morgan fingerprint density at radius 2 is 1.68 bits per heavy atom. The Kier molecular flexibility index (Phi) is 7.55. The summed E-state index contributed by atoms with van der Waals surface area (Å²) < 4.78 is 0. The number of hydrogen-bond donors (Lipinski definition) is 0. The van der Waals surface area contributed by atoms with Crippen LogP contribution < -0.4 is 9.80 Å². The van der Waals surface area contributed by atoms with Crippen LogP contribution in [0, 0.1) is 27.7 Å². The Hall–Kier alpha value is -2.88. The Bertz CT molecular complexity index is 1100. The van der Waals surface area contributed by atoms with E-state index in [-0.39, 0.29) is 0 Å². The lowest BCUT2D eigenvalue weighted by Crippen LogP contribution is -2.36. The van der Waals surface area contributed by atoms with Gasteiger partial charge in [0, 0.05) is 36.1 Å². The van der Waals surface area contributed by atoms with Gasteiger partial charge in [0.2, 0.25) is 5.95 Å². The number of aryl methyl sites for hydroxylation is 5. The first kappa shape index (κ1) is 24.3. The Labute approximate surface area is 206 Å². The third kappa shape index (κ3) is 5.11. The lowest BCUT2D eigenvalue weighted by Gasteiger charge is -2.33. The van der Waals surface area contributed by atoms with Crippen LogP contribution in [0.5, 0.6) is 0 Å². The molecule has 1 aliphatic rings. The van der Waals surface area contributed by atoms with Crippen molar-refractivity contribution in [2.75, 3.05) is 22.9 Å². The number of fused-ring (bicyclic) bond motifs is 1. The van der Waals surface area contributed by atoms with Crippen LogP contribution in [0.25, 0.3) is 0 Å². The monoisotopic (exact) mass is 456 g/mol. The van der Waals surface area contributed by atoms with E-state index < -0.39 is 0 Å². The first-order valence-corrected chi connectivity index (χ1v) is 12.9. The topological polar surface area (TPSA) is 32.3 Å². The molecule has 1 aromatic heterocycles. The average Bonchev–Trinajstić information content (AvgIpc) is 3.03. The number of hydrogen-bond acceptors (Lipinski definition) is 4. The average molecular weight is 457 g/mol. The molecule has 0 radical (unpaired) electrons. The van der Waals surface area contributed by atoms with Crippen molar-refractivity contribution in [2.24, 2.45) is 0 Å². The molecule has 0 saturated carbocycles. The fraction of sp³-hybridized carbons (Fsp3) is 0.467. The molecule has 1 unspecified atom stereocenters. The second-order valence-electron chi connectivity index (χ2n) is 9.93. The van der Waals surface area contributed by atoms with E-state index >= 15 is 0 Å². The maximum atomic E-state index is 5.28. The van der Waals surface area contributed by atoms with Crippen LogP contribution in [0.2, 0.25) is 0 Å². The van der Waals surface area contributed by atoms with Crippen molar-refractivity contribution in [1.82, 2.24) is 9.97 Å². The summed E-state index contributed by atoms with van der Waals surface area (Å²) in [4.78, 5) is 15.2. The van der Waals surface area contributed by atoms with Gasteiger partial charge in [-0.3, -0.25) is 0 Å². The quantitative estimate of drug-likeness (QED) is 0.382. The van der Waals surface area contributed by atoms with Crippen molar-refractivity contribution in [2.45, 2.75) is 79.7 Å². The molecule has 2 heterocycles. The van der Waals surface area contributed by atoms with Gasteiger partial charge in [-0.2, -0.15) is 4.98 Å². The molecule has 1 aliphatic heterocycles. The van der Waals surface area contributed by atoms with Gasteiger partial charge in [0.1, 0.15) is 5.82 Å². The van der Waals surface area contributed by atoms with Crippen molar-refractivity contribution in [3.05, 3.63) is 76.0 Å². The molecule has 4 rings (SSSR count). The second kappa shape index (κ2) is 10.6. The Morgan fingerprint density at radius 1 is 0.971 bits per heavy atom. The van der Waals surface area contributed by atoms with E-state index in [9.17, 15) is 0 Å². The minimum absolute atomic E-state index is 0.428. The molecule has 180 valence electrons. The summed E-state index contributed by atoms with van der Waals surface area (Å²) in [6, 6.07) is 15.8. The largest absolute Gasteiger partial charge is 0.354 e. The van der Waals surface area contributed by atoms with E-state index in [1.165, 1.54) is 46.3 Å². The van der Waals surface area contributed by atoms with Gasteiger partial charge in [0.25, 0.3) is 0 Å². The van der Waals surface area contributed by atoms with E-state index in [0.29, 0.717) is 6.04 Å². The summed E-state index contributed by atoms with van der Waals surface area (Å²) in [5, 5.41) is 0. The highest BCUT2D eigenvalue weighted by atomic mass is 15.3. The maximum absolute atomic E-state index is 5.28. The highest BCUT2D eigenvalue weighted by Gasteiger charge is 2.26. The summed E-state index contributed by atoms with van der Waals surface area (Å²) in [7, 11) is 0. The molecule has 34 heavy (non-hydrogen) atoms. The van der Waals surface area contributed by atoms with Crippen molar-refractivity contribution in [1.29, 1.82) is 0 Å². The van der Waals surface area contributed by atoms with Gasteiger partial charge < -0.3 is 9.80 Å². The van der Waals surface area contributed by atoms with Gasteiger partial charge in [-0.25, -0.2) is 4.98 Å². The minimum Gasteiger partial charge on any atom is -0.354 e. The maximum Gasteiger partial charge on any atom is 0.232 e. The Morgan fingerprint density at radius 3 is 2.35 bits per heavy atom. The number of benzene rings is 2. The molecular formula is C30H40N4. The van der Waals surface area contributed by atoms with Crippen LogP contribution in [0.1, 0.15) is 66.6 Å². The second-order valence-corrected chi connectivity index (χ2v) is 9.93. The summed E-state index contributed by atoms with van der Waals surface area (Å²) in [6.45, 7) is 15.2. The summed E-state index contributed by atoms with van der Waals surface area (Å²) in [5.74, 6) is 1.98. The molecule has 1 atom stereocenters. The van der Waals surface area contributed by atoms with Crippen molar-refractivity contribution in [3.63, 3.8) is 0 Å². The lowest BCUT2D eigenvalue weighted by molar-refractivity contribution is 0.573. The van der Waals surface area contributed by atoms with Crippen LogP contribution in [0.15, 0.2) is 42.5 Å². The van der Waals surface area contributed by atoms with Crippen LogP contribution in [0.3, 0.4) is 0 Å². The number of aromatic nitrogens is 2. The van der Waals surface area contributed by atoms with Gasteiger partial charge in [-0.1, -0.05) is 48.0 Å². The fourth-order valence-corrected chi connectivity index (χ4v) is 5.51. The molecule has 0 N–H and O–H groups in total. The highest BCUT2D eigenvalue weighted by Crippen LogP contribution is 2.35. The van der Waals surface area contributed by atoms with E-state index in [0.717, 1.165) is 49.8 Å². The lowest BCUT2D eigenvalue weighted by atomic mass is 10.0. The van der Waals surface area contributed by atoms with E-state index in [1.54, 1.807) is 0 Å². The Balaban J connectivity index is 1.70. The summed E-state index contributed by atoms with van der Waals surface area (Å²) in [6.07, 6.45) is 5.68. The number of anilines is 3. The number of rotatable bonds is 7. The fourth-order valence-electron chi connectivity index (χ4n) is 5.51. The molecule has 0 bridgehead atoms. The van der Waals surface area contributed by atoms with Gasteiger partial charge in [0.05, 0.1) is 0 Å². The van der Waals surface area contributed by atoms with Gasteiger partial charge in [-0.15, -0.1) is 0 Å². The zero-order valence-electron chi connectivity index (χ0n) is 21.9. The third-order valence-electron chi connectivity index (χ3n) is 7.22. The van der Waals surface area contributed by atoms with E-state index in [1.807, 2.05) is 0 Å². The third-order valence-corrected chi connectivity index (χ3v) is 7.22. The summed E-state index contributed by atoms with van der Waals surface area (Å²) >= 11 is 0. The van der Waals surface area contributed by atoms with Crippen molar-refractivity contribution < 1.29 is 0 Å². The molecule has 4 nitrogen and oxygen atoms in total. The molecule has 0 fully saturated rings. The van der Waals surface area contributed by atoms with Crippen LogP contribution in [-0.2, 0) is 12.8 Å². The SMILES string of the molecule is CCN(c1nc(C)c2c(n1)N(C(C)CCc1ccccc1)CCCC2)c1c(C)cc(C)cc1C. The van der Waals surface area contributed by atoms with Gasteiger partial charge in [0.15, 0.2) is 0 Å². The molecular weight excluding hydrogens is 416 g/mol. The number of nitrogens with zero attached hydrogens (tertiary/aromatic N) is 4. The normalized spacial score (nSPS) is 14.5. The molecule has 0 amide bonds. The standard InChI is InChI=1S/C30H40N4/c1-7-33(28-22(3)19-21(2)20-23(28)4)30-31-25(6)27-15-11-12-18-34(29(27)32-30)24(5)16-17-26-13-9-8-10-14-26/h8-10,13-14,19-20,24H,7,11-12,15-18H2,1-6H3. The van der Waals surface area contributed by atoms with Crippen LogP contribution in [0.4, 0.5) is 17.5 Å². The predicted octanol–water partition coefficient (Wildman–Crippen LogP) is 7.03. The molecule has 0 aliphatic carbocycles. The first-order chi connectivity index (χ1) is 16.4. The molecule has 3 aromatic rings. The van der Waals surface area contributed by atoms with Crippen LogP contribution >= 0.6 is 0 Å². The molecule has 4 heteroatoms. The minimum atomic E-state index is 0.428. The van der Waals surface area contributed by atoms with Gasteiger partial charge in [-0.05, 0) is 90.3 Å². The predicted molar refractivity (Wildman–Crippen MR) is 145 cm³/mol. The molecule has 2 aromatic carbocycles. The zero-order valence-corrected chi connectivity index (χ0v) is 21.9. The zero-order chi connectivity index (χ0) is 24.2. The van der Waals surface area contributed by atoms with Gasteiger partial charge >= 0.3 is 0 Å². The molecule has 0 saturated heterocycles. The van der Waals surface area contributed by atoms with Crippen molar-refractivity contribution in [3.8, 4) is 0 Å². The van der Waals surface area contributed by atoms with Crippen molar-refractivity contribution >= 4 is 17.5 Å². The van der Waals surface area contributed by atoms with E-state index in [4.69, 9.17) is 9.97 Å². The van der Waals surface area contributed by atoms with Crippen LogP contribution in [-0.4, -0.2) is 29.1 Å².